The first-order chi connectivity index (χ1) is 12.3. The van der Waals surface area contributed by atoms with Gasteiger partial charge in [-0.2, -0.15) is 0 Å². The number of furan rings is 1. The molecule has 0 saturated heterocycles. The van der Waals surface area contributed by atoms with Gasteiger partial charge in [0, 0.05) is 5.56 Å². The second-order valence-corrected chi connectivity index (χ2v) is 6.76. The molecule has 1 aromatic carbocycles. The number of aryl methyl sites for hydroxylation is 1. The van der Waals surface area contributed by atoms with Gasteiger partial charge in [-0.25, -0.2) is 0 Å². The Morgan fingerprint density at radius 3 is 2.42 bits per heavy atom. The Labute approximate surface area is 153 Å². The van der Waals surface area contributed by atoms with Gasteiger partial charge in [-0.05, 0) is 37.5 Å². The van der Waals surface area contributed by atoms with E-state index in [0.717, 1.165) is 11.3 Å². The maximum Gasteiger partial charge on any atom is 0.311 e. The summed E-state index contributed by atoms with van der Waals surface area (Å²) in [4.78, 5) is 23.5. The van der Waals surface area contributed by atoms with Crippen molar-refractivity contribution in [1.29, 1.82) is 0 Å². The van der Waals surface area contributed by atoms with Crippen LogP contribution in [0.3, 0.4) is 0 Å². The first kappa shape index (κ1) is 19.6. The number of hydrogen-bond donors (Lipinski definition) is 2. The van der Waals surface area contributed by atoms with Crippen molar-refractivity contribution in [3.05, 3.63) is 53.0 Å². The second kappa shape index (κ2) is 8.56. The molecule has 1 aromatic heterocycles. The van der Waals surface area contributed by atoms with Crippen LogP contribution in [0.15, 0.2) is 34.9 Å². The van der Waals surface area contributed by atoms with Gasteiger partial charge in [0.05, 0.1) is 24.5 Å². The Morgan fingerprint density at radius 1 is 1.19 bits per heavy atom. The van der Waals surface area contributed by atoms with Gasteiger partial charge in [0.1, 0.15) is 17.9 Å². The Kier molecular flexibility index (Phi) is 6.44. The minimum absolute atomic E-state index is 0.164. The third-order valence-electron chi connectivity index (χ3n) is 3.90. The fourth-order valence-corrected chi connectivity index (χ4v) is 2.54. The van der Waals surface area contributed by atoms with Gasteiger partial charge in [0.15, 0.2) is 0 Å². The molecule has 0 bridgehead atoms. The smallest absolute Gasteiger partial charge is 0.311 e. The van der Waals surface area contributed by atoms with Crippen molar-refractivity contribution in [3.8, 4) is 5.75 Å². The van der Waals surface area contributed by atoms with E-state index in [0.29, 0.717) is 18.1 Å². The lowest BCUT2D eigenvalue weighted by molar-refractivity contribution is -0.136. The molecular formula is C20H25NO5. The maximum atomic E-state index is 12.6. The normalized spacial score (nSPS) is 12.0. The first-order valence-electron chi connectivity index (χ1n) is 8.60. The highest BCUT2D eigenvalue weighted by Gasteiger charge is 2.22. The van der Waals surface area contributed by atoms with Crippen molar-refractivity contribution in [2.24, 2.45) is 5.92 Å². The van der Waals surface area contributed by atoms with Crippen LogP contribution in [0.25, 0.3) is 0 Å². The van der Waals surface area contributed by atoms with Crippen LogP contribution < -0.4 is 10.1 Å². The number of rotatable bonds is 8. The number of aliphatic carboxylic acids is 1. The molecule has 1 unspecified atom stereocenters. The van der Waals surface area contributed by atoms with Gasteiger partial charge in [0.2, 0.25) is 0 Å². The van der Waals surface area contributed by atoms with Crippen molar-refractivity contribution in [1.82, 2.24) is 5.32 Å². The molecule has 2 aromatic rings. The van der Waals surface area contributed by atoms with Gasteiger partial charge < -0.3 is 19.6 Å². The molecule has 0 aliphatic rings. The van der Waals surface area contributed by atoms with Gasteiger partial charge in [0.25, 0.3) is 5.91 Å². The summed E-state index contributed by atoms with van der Waals surface area (Å²) in [6.07, 6.45) is 1.07. The van der Waals surface area contributed by atoms with Crippen molar-refractivity contribution >= 4 is 11.9 Å². The van der Waals surface area contributed by atoms with Crippen molar-refractivity contribution in [2.45, 2.75) is 40.2 Å². The molecule has 0 saturated carbocycles. The summed E-state index contributed by atoms with van der Waals surface area (Å²) in [5.41, 5.74) is 1.83. The number of hydrogen-bond acceptors (Lipinski definition) is 4. The van der Waals surface area contributed by atoms with Gasteiger partial charge in [-0.1, -0.05) is 26.0 Å². The van der Waals surface area contributed by atoms with Crippen LogP contribution in [0, 0.1) is 12.8 Å². The third-order valence-corrected chi connectivity index (χ3v) is 3.90. The molecule has 6 nitrogen and oxygen atoms in total. The maximum absolute atomic E-state index is 12.6. The summed E-state index contributed by atoms with van der Waals surface area (Å²) in [6, 6.07) is 7.31. The number of carbonyl (C=O) groups is 2. The minimum atomic E-state index is -1.04. The summed E-state index contributed by atoms with van der Waals surface area (Å²) in [7, 11) is 0. The van der Waals surface area contributed by atoms with Crippen LogP contribution in [0.5, 0.6) is 5.75 Å². The van der Waals surface area contributed by atoms with Crippen molar-refractivity contribution in [3.63, 3.8) is 0 Å². The number of nitrogens with one attached hydrogen (secondary N) is 1. The first-order valence-corrected chi connectivity index (χ1v) is 8.60. The van der Waals surface area contributed by atoms with E-state index in [1.165, 1.54) is 6.26 Å². The number of carboxylic acid groups (broad SMARTS) is 1. The van der Waals surface area contributed by atoms with E-state index < -0.39 is 5.97 Å². The minimum Gasteiger partial charge on any atom is -0.493 e. The number of carboxylic acids is 1. The van der Waals surface area contributed by atoms with Crippen LogP contribution in [0.4, 0.5) is 0 Å². The zero-order valence-electron chi connectivity index (χ0n) is 15.5. The number of carbonyl (C=O) groups excluding carboxylic acids is 1. The second-order valence-electron chi connectivity index (χ2n) is 6.76. The average molecular weight is 359 g/mol. The third kappa shape index (κ3) is 5.12. The lowest BCUT2D eigenvalue weighted by Gasteiger charge is -2.16. The van der Waals surface area contributed by atoms with Crippen molar-refractivity contribution < 1.29 is 23.8 Å². The molecule has 0 radical (unpaired) electrons. The van der Waals surface area contributed by atoms with E-state index in [1.807, 2.05) is 31.2 Å². The molecule has 140 valence electrons. The van der Waals surface area contributed by atoms with E-state index in [1.54, 1.807) is 6.92 Å². The lowest BCUT2D eigenvalue weighted by atomic mass is 10.1. The molecule has 26 heavy (non-hydrogen) atoms. The molecule has 0 aliphatic heterocycles. The van der Waals surface area contributed by atoms with Crippen LogP contribution in [0.2, 0.25) is 0 Å². The predicted molar refractivity (Wildman–Crippen MR) is 97.4 cm³/mol. The molecular weight excluding hydrogens is 334 g/mol. The topological polar surface area (TPSA) is 88.8 Å². The number of amides is 1. The Bertz CT molecular complexity index is 761. The zero-order valence-corrected chi connectivity index (χ0v) is 15.5. The molecule has 0 aliphatic carbocycles. The van der Waals surface area contributed by atoms with E-state index in [9.17, 15) is 9.59 Å². The number of ether oxygens (including phenoxy) is 1. The molecule has 6 heteroatoms. The highest BCUT2D eigenvalue weighted by molar-refractivity contribution is 5.97. The summed E-state index contributed by atoms with van der Waals surface area (Å²) in [6.45, 7) is 8.41. The monoisotopic (exact) mass is 359 g/mol. The summed E-state index contributed by atoms with van der Waals surface area (Å²) in [5, 5.41) is 11.8. The van der Waals surface area contributed by atoms with Crippen molar-refractivity contribution in [2.75, 3.05) is 6.61 Å². The fourth-order valence-electron chi connectivity index (χ4n) is 2.54. The molecule has 1 amide bonds. The van der Waals surface area contributed by atoms with Crippen LogP contribution in [-0.2, 0) is 11.2 Å². The van der Waals surface area contributed by atoms with Gasteiger partial charge >= 0.3 is 5.97 Å². The zero-order chi connectivity index (χ0) is 19.3. The quantitative estimate of drug-likeness (QED) is 0.749. The summed E-state index contributed by atoms with van der Waals surface area (Å²) in [5.74, 6) is 0.0113. The standard InChI is InChI=1S/C20H25NO5/c1-12(2)10-25-16-7-5-15(6-8-16)14(4)21-20(24)19-13(3)11-26-17(19)9-18(22)23/h5-8,11-12,14H,9-10H2,1-4H3,(H,21,24)(H,22,23). The highest BCUT2D eigenvalue weighted by atomic mass is 16.5. The van der Waals surface area contributed by atoms with E-state index in [-0.39, 0.29) is 29.7 Å². The Morgan fingerprint density at radius 2 is 1.85 bits per heavy atom. The average Bonchev–Trinajstić information content (AvgIpc) is 2.93. The van der Waals surface area contributed by atoms with Crippen LogP contribution >= 0.6 is 0 Å². The summed E-state index contributed by atoms with van der Waals surface area (Å²) < 4.78 is 10.9. The predicted octanol–water partition coefficient (Wildman–Crippen LogP) is 3.74. The fraction of sp³-hybridized carbons (Fsp3) is 0.400. The largest absolute Gasteiger partial charge is 0.493 e. The lowest BCUT2D eigenvalue weighted by Crippen LogP contribution is -2.28. The molecule has 2 N–H and O–H groups in total. The number of benzene rings is 1. The van der Waals surface area contributed by atoms with Crippen LogP contribution in [0.1, 0.15) is 54.1 Å². The molecule has 0 fully saturated rings. The van der Waals surface area contributed by atoms with E-state index in [4.69, 9.17) is 14.3 Å². The van der Waals surface area contributed by atoms with E-state index >= 15 is 0 Å². The van der Waals surface area contributed by atoms with Crippen LogP contribution in [-0.4, -0.2) is 23.6 Å². The Balaban J connectivity index is 2.05. The molecule has 1 atom stereocenters. The SMILES string of the molecule is Cc1coc(CC(=O)O)c1C(=O)NC(C)c1ccc(OCC(C)C)cc1. The molecule has 0 spiro atoms. The molecule has 2 rings (SSSR count). The summed E-state index contributed by atoms with van der Waals surface area (Å²) >= 11 is 0. The molecule has 1 heterocycles. The Hall–Kier alpha value is -2.76. The van der Waals surface area contributed by atoms with Gasteiger partial charge in [-0.15, -0.1) is 0 Å². The highest BCUT2D eigenvalue weighted by Crippen LogP contribution is 2.21. The van der Waals surface area contributed by atoms with E-state index in [2.05, 4.69) is 19.2 Å². The van der Waals surface area contributed by atoms with Gasteiger partial charge in [-0.3, -0.25) is 9.59 Å².